The van der Waals surface area contributed by atoms with E-state index in [0.29, 0.717) is 30.8 Å². The molecule has 19 heavy (non-hydrogen) atoms. The van der Waals surface area contributed by atoms with Crippen molar-refractivity contribution in [2.75, 3.05) is 18.0 Å². The molecule has 2 rings (SSSR count). The molecule has 1 aliphatic heterocycles. The van der Waals surface area contributed by atoms with Gasteiger partial charge in [-0.3, -0.25) is 4.79 Å². The zero-order valence-electron chi connectivity index (χ0n) is 10.6. The van der Waals surface area contributed by atoms with E-state index in [-0.39, 0.29) is 16.9 Å². The van der Waals surface area contributed by atoms with Crippen molar-refractivity contribution in [2.24, 2.45) is 5.73 Å². The summed E-state index contributed by atoms with van der Waals surface area (Å²) in [6, 6.07) is 4.29. The summed E-state index contributed by atoms with van der Waals surface area (Å²) in [6.45, 7) is 3.02. The van der Waals surface area contributed by atoms with Crippen LogP contribution in [0.4, 0.5) is 10.1 Å². The molecular weight excluding hydrogens is 265 g/mol. The lowest BCUT2D eigenvalue weighted by Crippen LogP contribution is -2.55. The molecule has 0 radical (unpaired) electrons. The van der Waals surface area contributed by atoms with Gasteiger partial charge in [0.1, 0.15) is 16.8 Å². The normalized spacial score (nSPS) is 19.2. The van der Waals surface area contributed by atoms with Gasteiger partial charge in [0.2, 0.25) is 5.91 Å². The average molecular weight is 281 g/mol. The van der Waals surface area contributed by atoms with Crippen molar-refractivity contribution < 1.29 is 9.18 Å². The number of carbonyl (C=O) groups excluding carboxylic acids is 1. The SMILES string of the molecule is CCC1C(=O)NCCN1c1ccc(C(N)=S)cc1F. The number of thiocarbonyl (C=S) groups is 1. The minimum atomic E-state index is -0.404. The third-order valence-electron chi connectivity index (χ3n) is 3.26. The summed E-state index contributed by atoms with van der Waals surface area (Å²) < 4.78 is 14.1. The first kappa shape index (κ1) is 13.7. The summed E-state index contributed by atoms with van der Waals surface area (Å²) in [5.41, 5.74) is 6.38. The molecule has 1 unspecified atom stereocenters. The van der Waals surface area contributed by atoms with Crippen molar-refractivity contribution >= 4 is 28.8 Å². The highest BCUT2D eigenvalue weighted by Crippen LogP contribution is 2.25. The second-order valence-corrected chi connectivity index (χ2v) is 4.88. The molecule has 0 aromatic heterocycles. The fourth-order valence-corrected chi connectivity index (χ4v) is 2.43. The topological polar surface area (TPSA) is 58.4 Å². The van der Waals surface area contributed by atoms with Gasteiger partial charge in [0, 0.05) is 18.7 Å². The number of benzene rings is 1. The van der Waals surface area contributed by atoms with Crippen LogP contribution in [0.25, 0.3) is 0 Å². The molecule has 4 nitrogen and oxygen atoms in total. The van der Waals surface area contributed by atoms with Crippen LogP contribution < -0.4 is 16.0 Å². The molecule has 1 aliphatic rings. The van der Waals surface area contributed by atoms with Crippen LogP contribution in [0.15, 0.2) is 18.2 Å². The number of amides is 1. The first-order chi connectivity index (χ1) is 9.04. The van der Waals surface area contributed by atoms with Gasteiger partial charge in [0.15, 0.2) is 0 Å². The van der Waals surface area contributed by atoms with Gasteiger partial charge >= 0.3 is 0 Å². The smallest absolute Gasteiger partial charge is 0.242 e. The van der Waals surface area contributed by atoms with Gasteiger partial charge in [0.25, 0.3) is 0 Å². The molecule has 1 fully saturated rings. The Morgan fingerprint density at radius 1 is 1.63 bits per heavy atom. The second-order valence-electron chi connectivity index (χ2n) is 4.44. The number of hydrogen-bond donors (Lipinski definition) is 2. The second kappa shape index (κ2) is 5.52. The molecule has 1 aromatic carbocycles. The van der Waals surface area contributed by atoms with Crippen molar-refractivity contribution in [1.29, 1.82) is 0 Å². The first-order valence-corrected chi connectivity index (χ1v) is 6.59. The largest absolute Gasteiger partial charge is 0.389 e. The minimum absolute atomic E-state index is 0.0634. The summed E-state index contributed by atoms with van der Waals surface area (Å²) in [7, 11) is 0. The Hall–Kier alpha value is -1.69. The average Bonchev–Trinajstić information content (AvgIpc) is 2.38. The number of carbonyl (C=O) groups is 1. The van der Waals surface area contributed by atoms with Crippen LogP contribution >= 0.6 is 12.2 Å². The van der Waals surface area contributed by atoms with Crippen molar-refractivity contribution in [1.82, 2.24) is 5.32 Å². The summed E-state index contributed by atoms with van der Waals surface area (Å²) >= 11 is 4.82. The Morgan fingerprint density at radius 3 is 2.95 bits per heavy atom. The van der Waals surface area contributed by atoms with E-state index in [9.17, 15) is 9.18 Å². The Labute approximate surface area is 116 Å². The number of rotatable bonds is 3. The lowest BCUT2D eigenvalue weighted by Gasteiger charge is -2.36. The van der Waals surface area contributed by atoms with E-state index in [1.54, 1.807) is 17.0 Å². The van der Waals surface area contributed by atoms with E-state index < -0.39 is 5.82 Å². The number of hydrogen-bond acceptors (Lipinski definition) is 3. The minimum Gasteiger partial charge on any atom is -0.389 e. The predicted molar refractivity (Wildman–Crippen MR) is 76.7 cm³/mol. The summed E-state index contributed by atoms with van der Waals surface area (Å²) in [5.74, 6) is -0.468. The van der Waals surface area contributed by atoms with Crippen LogP contribution in [0.1, 0.15) is 18.9 Å². The van der Waals surface area contributed by atoms with Gasteiger partial charge < -0.3 is 16.0 Å². The number of anilines is 1. The predicted octanol–water partition coefficient (Wildman–Crippen LogP) is 1.17. The van der Waals surface area contributed by atoms with Gasteiger partial charge in [-0.1, -0.05) is 19.1 Å². The third-order valence-corrected chi connectivity index (χ3v) is 3.49. The van der Waals surface area contributed by atoms with E-state index in [0.717, 1.165) is 0 Å². The monoisotopic (exact) mass is 281 g/mol. The quantitative estimate of drug-likeness (QED) is 0.817. The zero-order chi connectivity index (χ0) is 14.0. The van der Waals surface area contributed by atoms with E-state index >= 15 is 0 Å². The molecule has 1 saturated heterocycles. The molecule has 102 valence electrons. The summed E-state index contributed by atoms with van der Waals surface area (Å²) in [5, 5.41) is 2.79. The molecule has 3 N–H and O–H groups in total. The Balaban J connectivity index is 2.35. The molecule has 1 aromatic rings. The van der Waals surface area contributed by atoms with Crippen LogP contribution in [-0.4, -0.2) is 30.0 Å². The fourth-order valence-electron chi connectivity index (χ4n) is 2.30. The van der Waals surface area contributed by atoms with Gasteiger partial charge in [-0.05, 0) is 24.6 Å². The van der Waals surface area contributed by atoms with Crippen molar-refractivity contribution in [3.05, 3.63) is 29.6 Å². The zero-order valence-corrected chi connectivity index (χ0v) is 11.5. The maximum absolute atomic E-state index is 14.1. The van der Waals surface area contributed by atoms with Crippen LogP contribution in [-0.2, 0) is 4.79 Å². The van der Waals surface area contributed by atoms with Crippen molar-refractivity contribution in [3.63, 3.8) is 0 Å². The molecule has 6 heteroatoms. The number of halogens is 1. The molecule has 1 atom stereocenters. The van der Waals surface area contributed by atoms with Crippen LogP contribution in [0.5, 0.6) is 0 Å². The first-order valence-electron chi connectivity index (χ1n) is 6.18. The standard InChI is InChI=1S/C13H16FN3OS/c1-2-10-13(18)16-5-6-17(10)11-4-3-8(12(15)19)7-9(11)14/h3-4,7,10H,2,5-6H2,1H3,(H2,15,19)(H,16,18). The third kappa shape index (κ3) is 2.68. The van der Waals surface area contributed by atoms with E-state index in [2.05, 4.69) is 5.32 Å². The highest BCUT2D eigenvalue weighted by molar-refractivity contribution is 7.80. The highest BCUT2D eigenvalue weighted by atomic mass is 32.1. The number of nitrogens with zero attached hydrogens (tertiary/aromatic N) is 1. The maximum Gasteiger partial charge on any atom is 0.242 e. The van der Waals surface area contributed by atoms with Gasteiger partial charge in [0.05, 0.1) is 5.69 Å². The molecule has 0 saturated carbocycles. The van der Waals surface area contributed by atoms with E-state index in [1.165, 1.54) is 6.07 Å². The van der Waals surface area contributed by atoms with Crippen molar-refractivity contribution in [2.45, 2.75) is 19.4 Å². The fraction of sp³-hybridized carbons (Fsp3) is 0.385. The number of nitrogens with two attached hydrogens (primary N) is 1. The Kier molecular flexibility index (Phi) is 3.99. The molecule has 1 heterocycles. The van der Waals surface area contributed by atoms with Gasteiger partial charge in [-0.25, -0.2) is 4.39 Å². The maximum atomic E-state index is 14.1. The molecular formula is C13H16FN3OS. The molecule has 0 bridgehead atoms. The van der Waals surface area contributed by atoms with Crippen molar-refractivity contribution in [3.8, 4) is 0 Å². The van der Waals surface area contributed by atoms with Gasteiger partial charge in [-0.2, -0.15) is 0 Å². The summed E-state index contributed by atoms with van der Waals surface area (Å²) in [6.07, 6.45) is 0.627. The number of piperazine rings is 1. The highest BCUT2D eigenvalue weighted by Gasteiger charge is 2.29. The molecule has 0 spiro atoms. The van der Waals surface area contributed by atoms with E-state index in [1.807, 2.05) is 6.92 Å². The lowest BCUT2D eigenvalue weighted by atomic mass is 10.1. The molecule has 1 amide bonds. The summed E-state index contributed by atoms with van der Waals surface area (Å²) in [4.78, 5) is 13.7. The van der Waals surface area contributed by atoms with Crippen LogP contribution in [0.3, 0.4) is 0 Å². The Bertz CT molecular complexity index is 521. The lowest BCUT2D eigenvalue weighted by molar-refractivity contribution is -0.123. The Morgan fingerprint density at radius 2 is 2.37 bits per heavy atom. The van der Waals surface area contributed by atoms with Crippen LogP contribution in [0.2, 0.25) is 0 Å². The van der Waals surface area contributed by atoms with Gasteiger partial charge in [-0.15, -0.1) is 0 Å². The molecule has 0 aliphatic carbocycles. The number of nitrogens with one attached hydrogen (secondary N) is 1. The van der Waals surface area contributed by atoms with Crippen LogP contribution in [0, 0.1) is 5.82 Å². The van der Waals surface area contributed by atoms with E-state index in [4.69, 9.17) is 18.0 Å².